The average Bonchev–Trinajstić information content (AvgIpc) is 2.15. The fourth-order valence-corrected chi connectivity index (χ4v) is 1.16. The van der Waals surface area contributed by atoms with Crippen LogP contribution < -0.4 is 0 Å². The summed E-state index contributed by atoms with van der Waals surface area (Å²) in [6.45, 7) is 9.36. The summed E-state index contributed by atoms with van der Waals surface area (Å²) in [7, 11) is 0. The number of nitrogens with zero attached hydrogens (tertiary/aromatic N) is 1. The van der Waals surface area contributed by atoms with Crippen LogP contribution in [0.5, 0.6) is 0 Å². The third-order valence-electron chi connectivity index (χ3n) is 1.84. The molecule has 0 fully saturated rings. The van der Waals surface area contributed by atoms with Gasteiger partial charge in [0.2, 0.25) is 0 Å². The fraction of sp³-hybridized carbons (Fsp3) is 0.0833. The molecule has 1 rings (SSSR count). The second-order valence-corrected chi connectivity index (χ2v) is 2.70. The molecule has 1 aromatic rings. The van der Waals surface area contributed by atoms with Crippen molar-refractivity contribution < 1.29 is 0 Å². The van der Waals surface area contributed by atoms with Crippen LogP contribution >= 0.6 is 0 Å². The van der Waals surface area contributed by atoms with E-state index in [0.717, 1.165) is 16.8 Å². The normalized spacial score (nSPS) is 10.2. The van der Waals surface area contributed by atoms with Gasteiger partial charge in [0.25, 0.3) is 0 Å². The van der Waals surface area contributed by atoms with Crippen molar-refractivity contribution >= 4 is 12.2 Å². The summed E-state index contributed by atoms with van der Waals surface area (Å²) in [6.07, 6.45) is 9.26. The lowest BCUT2D eigenvalue weighted by atomic mass is 10.1. The van der Waals surface area contributed by atoms with Gasteiger partial charge in [-0.2, -0.15) is 0 Å². The molecule has 1 aromatic heterocycles. The molecule has 1 nitrogen and oxygen atoms in total. The Hall–Kier alpha value is -1.63. The van der Waals surface area contributed by atoms with E-state index in [2.05, 4.69) is 18.1 Å². The lowest BCUT2D eigenvalue weighted by Gasteiger charge is -2.02. The highest BCUT2D eigenvalue weighted by Gasteiger charge is 1.98. The molecule has 1 heteroatoms. The van der Waals surface area contributed by atoms with Gasteiger partial charge in [-0.25, -0.2) is 0 Å². The average molecular weight is 171 g/mol. The predicted molar refractivity (Wildman–Crippen MR) is 58.3 cm³/mol. The van der Waals surface area contributed by atoms with Crippen molar-refractivity contribution in [3.05, 3.63) is 54.4 Å². The Kier molecular flexibility index (Phi) is 3.21. The molecule has 0 aliphatic heterocycles. The summed E-state index contributed by atoms with van der Waals surface area (Å²) in [5.74, 6) is 0. The van der Waals surface area contributed by atoms with Crippen LogP contribution in [0.25, 0.3) is 12.2 Å². The van der Waals surface area contributed by atoms with Crippen LogP contribution in [0, 0.1) is 6.92 Å². The number of hydrogen-bond donors (Lipinski definition) is 0. The maximum atomic E-state index is 4.21. The Bertz CT molecular complexity index is 348. The first-order valence-electron chi connectivity index (χ1n) is 4.16. The zero-order chi connectivity index (χ0) is 9.68. The van der Waals surface area contributed by atoms with Gasteiger partial charge in [0.05, 0.1) is 0 Å². The van der Waals surface area contributed by atoms with Gasteiger partial charge >= 0.3 is 0 Å². The summed E-state index contributed by atoms with van der Waals surface area (Å²) in [4.78, 5) is 4.21. The van der Waals surface area contributed by atoms with Gasteiger partial charge in [-0.1, -0.05) is 37.5 Å². The van der Waals surface area contributed by atoms with E-state index in [4.69, 9.17) is 0 Å². The first-order valence-corrected chi connectivity index (χ1v) is 4.16. The maximum Gasteiger partial charge on any atom is 0.0450 e. The monoisotopic (exact) mass is 171 g/mol. The van der Waals surface area contributed by atoms with Gasteiger partial charge in [0.15, 0.2) is 0 Å². The third kappa shape index (κ3) is 2.15. The van der Waals surface area contributed by atoms with Gasteiger partial charge in [0.1, 0.15) is 0 Å². The minimum absolute atomic E-state index is 1.01. The zero-order valence-corrected chi connectivity index (χ0v) is 7.83. The Balaban J connectivity index is 3.22. The highest BCUT2D eigenvalue weighted by Crippen LogP contribution is 2.14. The van der Waals surface area contributed by atoms with E-state index >= 15 is 0 Å². The number of allylic oxidation sites excluding steroid dienone is 2. The largest absolute Gasteiger partial charge is 0.261 e. The van der Waals surface area contributed by atoms with E-state index in [1.54, 1.807) is 12.3 Å². The molecule has 0 spiro atoms. The molecule has 0 unspecified atom stereocenters. The van der Waals surface area contributed by atoms with Gasteiger partial charge in [0, 0.05) is 17.5 Å². The molecule has 0 atom stereocenters. The van der Waals surface area contributed by atoms with E-state index < -0.39 is 0 Å². The van der Waals surface area contributed by atoms with E-state index in [9.17, 15) is 0 Å². The summed E-state index contributed by atoms with van der Waals surface area (Å²) >= 11 is 0. The van der Waals surface area contributed by atoms with Gasteiger partial charge in [-0.3, -0.25) is 4.98 Å². The quantitative estimate of drug-likeness (QED) is 0.636. The molecule has 1 heterocycles. The van der Waals surface area contributed by atoms with E-state index in [0.29, 0.717) is 0 Å². The SMILES string of the molecule is C=C/C=C\c1c(C=C)ccnc1C. The van der Waals surface area contributed by atoms with Gasteiger partial charge in [-0.05, 0) is 18.6 Å². The van der Waals surface area contributed by atoms with Crippen molar-refractivity contribution in [3.8, 4) is 0 Å². The molecule has 13 heavy (non-hydrogen) atoms. The van der Waals surface area contributed by atoms with Crippen molar-refractivity contribution in [1.82, 2.24) is 4.98 Å². The highest BCUT2D eigenvalue weighted by molar-refractivity contribution is 5.66. The standard InChI is InChI=1S/C12H13N/c1-4-6-7-12-10(3)13-9-8-11(12)5-2/h4-9H,1-2H2,3H3/b7-6-. The van der Waals surface area contributed by atoms with Crippen molar-refractivity contribution in [2.75, 3.05) is 0 Å². The second kappa shape index (κ2) is 4.41. The minimum atomic E-state index is 1.01. The summed E-state index contributed by atoms with van der Waals surface area (Å²) < 4.78 is 0. The smallest absolute Gasteiger partial charge is 0.0450 e. The zero-order valence-electron chi connectivity index (χ0n) is 7.83. The molecule has 0 aromatic carbocycles. The molecule has 0 amide bonds. The number of rotatable bonds is 3. The highest BCUT2D eigenvalue weighted by atomic mass is 14.7. The van der Waals surface area contributed by atoms with Crippen LogP contribution in [0.4, 0.5) is 0 Å². The molecular formula is C12H13N. The molecular weight excluding hydrogens is 158 g/mol. The Morgan fingerprint density at radius 1 is 1.38 bits per heavy atom. The fourth-order valence-electron chi connectivity index (χ4n) is 1.16. The van der Waals surface area contributed by atoms with E-state index in [1.165, 1.54) is 0 Å². The topological polar surface area (TPSA) is 12.9 Å². The summed E-state index contributed by atoms with van der Waals surface area (Å²) in [5.41, 5.74) is 3.22. The van der Waals surface area contributed by atoms with Crippen molar-refractivity contribution in [3.63, 3.8) is 0 Å². The Morgan fingerprint density at radius 2 is 2.15 bits per heavy atom. The number of pyridine rings is 1. The third-order valence-corrected chi connectivity index (χ3v) is 1.84. The maximum absolute atomic E-state index is 4.21. The molecule has 0 radical (unpaired) electrons. The van der Waals surface area contributed by atoms with Crippen LogP contribution in [-0.4, -0.2) is 4.98 Å². The lowest BCUT2D eigenvalue weighted by molar-refractivity contribution is 1.18. The first kappa shape index (κ1) is 9.46. The molecule has 0 aliphatic rings. The number of hydrogen-bond acceptors (Lipinski definition) is 1. The Labute approximate surface area is 79.1 Å². The molecule has 0 bridgehead atoms. The number of aromatic nitrogens is 1. The summed E-state index contributed by atoms with van der Waals surface area (Å²) in [5, 5.41) is 0. The second-order valence-electron chi connectivity index (χ2n) is 2.70. The van der Waals surface area contributed by atoms with Crippen LogP contribution in [0.1, 0.15) is 16.8 Å². The van der Waals surface area contributed by atoms with Crippen molar-refractivity contribution in [1.29, 1.82) is 0 Å². The van der Waals surface area contributed by atoms with Crippen LogP contribution in [-0.2, 0) is 0 Å². The lowest BCUT2D eigenvalue weighted by Crippen LogP contribution is -1.89. The Morgan fingerprint density at radius 3 is 2.77 bits per heavy atom. The van der Waals surface area contributed by atoms with Crippen molar-refractivity contribution in [2.24, 2.45) is 0 Å². The molecule has 0 aliphatic carbocycles. The molecule has 0 saturated heterocycles. The van der Waals surface area contributed by atoms with Crippen LogP contribution in [0.15, 0.2) is 37.6 Å². The number of aryl methyl sites for hydroxylation is 1. The van der Waals surface area contributed by atoms with E-state index in [1.807, 2.05) is 31.2 Å². The minimum Gasteiger partial charge on any atom is -0.261 e. The van der Waals surface area contributed by atoms with Gasteiger partial charge < -0.3 is 0 Å². The van der Waals surface area contributed by atoms with Crippen molar-refractivity contribution in [2.45, 2.75) is 6.92 Å². The van der Waals surface area contributed by atoms with Crippen LogP contribution in [0.3, 0.4) is 0 Å². The van der Waals surface area contributed by atoms with Gasteiger partial charge in [-0.15, -0.1) is 0 Å². The predicted octanol–water partition coefficient (Wildman–Crippen LogP) is 3.23. The molecule has 66 valence electrons. The summed E-state index contributed by atoms with van der Waals surface area (Å²) in [6, 6.07) is 1.95. The first-order chi connectivity index (χ1) is 6.29. The molecule has 0 N–H and O–H groups in total. The van der Waals surface area contributed by atoms with E-state index in [-0.39, 0.29) is 0 Å². The molecule has 0 saturated carbocycles. The van der Waals surface area contributed by atoms with Crippen LogP contribution in [0.2, 0.25) is 0 Å².